The first-order valence-corrected chi connectivity index (χ1v) is 10.6. The van der Waals surface area contributed by atoms with E-state index in [1.54, 1.807) is 16.8 Å². The Kier molecular flexibility index (Phi) is 21.3. The third-order valence-electron chi connectivity index (χ3n) is 3.66. The number of unbranched alkanes of at least 4 members (excludes halogenated alkanes) is 1. The summed E-state index contributed by atoms with van der Waals surface area (Å²) in [6, 6.07) is 0. The van der Waals surface area contributed by atoms with Crippen molar-refractivity contribution in [3.63, 3.8) is 0 Å². The second-order valence-corrected chi connectivity index (χ2v) is 7.47. The molecule has 2 N–H and O–H groups in total. The van der Waals surface area contributed by atoms with Crippen molar-refractivity contribution in [1.29, 1.82) is 0 Å². The van der Waals surface area contributed by atoms with Crippen LogP contribution in [0.5, 0.6) is 0 Å². The minimum absolute atomic E-state index is 0.145. The summed E-state index contributed by atoms with van der Waals surface area (Å²) in [5.41, 5.74) is 0.928. The van der Waals surface area contributed by atoms with Crippen molar-refractivity contribution < 1.29 is 14.4 Å². The number of allylic oxidation sites excluding steroid dienone is 2. The fraction of sp³-hybridized carbons (Fsp3) is 0.682. The maximum absolute atomic E-state index is 10.7. The van der Waals surface area contributed by atoms with Gasteiger partial charge < -0.3 is 15.4 Å². The van der Waals surface area contributed by atoms with Gasteiger partial charge in [-0.15, -0.1) is 5.10 Å². The highest BCUT2D eigenvalue weighted by atomic mass is 16.1. The number of nitrogens with zero attached hydrogens (tertiary/aromatic N) is 3. The number of carbonyl (C=O) groups excluding carboxylic acids is 3. The third-order valence-corrected chi connectivity index (χ3v) is 3.66. The monoisotopic (exact) mass is 423 g/mol. The Balaban J connectivity index is 0. The summed E-state index contributed by atoms with van der Waals surface area (Å²) >= 11 is 0. The van der Waals surface area contributed by atoms with Crippen LogP contribution in [0.25, 0.3) is 0 Å². The first-order chi connectivity index (χ1) is 14.3. The molecule has 1 aromatic rings. The fourth-order valence-corrected chi connectivity index (χ4v) is 2.10. The van der Waals surface area contributed by atoms with Crippen LogP contribution in [-0.4, -0.2) is 53.6 Å². The molecule has 0 aliphatic carbocycles. The van der Waals surface area contributed by atoms with Crippen LogP contribution >= 0.6 is 0 Å². The van der Waals surface area contributed by atoms with Gasteiger partial charge in [0.1, 0.15) is 6.29 Å². The van der Waals surface area contributed by atoms with E-state index < -0.39 is 0 Å². The molecule has 8 nitrogen and oxygen atoms in total. The number of nitrogens with one attached hydrogen (secondary N) is 2. The zero-order valence-electron chi connectivity index (χ0n) is 19.6. The van der Waals surface area contributed by atoms with Crippen LogP contribution in [0.4, 0.5) is 0 Å². The third kappa shape index (κ3) is 20.4. The molecule has 1 heterocycles. The number of aromatic nitrogens is 3. The second-order valence-electron chi connectivity index (χ2n) is 7.47. The van der Waals surface area contributed by atoms with Crippen molar-refractivity contribution in [3.05, 3.63) is 24.0 Å². The molecule has 0 aromatic carbocycles. The lowest BCUT2D eigenvalue weighted by Crippen LogP contribution is -2.12. The number of aldehydes is 1. The van der Waals surface area contributed by atoms with E-state index in [4.69, 9.17) is 0 Å². The molecule has 0 aliphatic rings. The Morgan fingerprint density at radius 1 is 1.20 bits per heavy atom. The molecular formula is C22H41N5O3. The lowest BCUT2D eigenvalue weighted by Gasteiger charge is -1.98. The minimum atomic E-state index is 0.145. The van der Waals surface area contributed by atoms with Crippen molar-refractivity contribution in [2.24, 2.45) is 11.8 Å². The Labute approximate surface area is 181 Å². The Morgan fingerprint density at radius 2 is 1.90 bits per heavy atom. The maximum atomic E-state index is 10.7. The lowest BCUT2D eigenvalue weighted by molar-refractivity contribution is -0.117. The van der Waals surface area contributed by atoms with Gasteiger partial charge in [0, 0.05) is 31.6 Å². The van der Waals surface area contributed by atoms with E-state index in [0.29, 0.717) is 25.9 Å². The van der Waals surface area contributed by atoms with E-state index >= 15 is 0 Å². The van der Waals surface area contributed by atoms with Crippen LogP contribution in [-0.2, 0) is 27.3 Å². The van der Waals surface area contributed by atoms with Gasteiger partial charge in [0.2, 0.25) is 6.41 Å². The lowest BCUT2D eigenvalue weighted by atomic mass is 10.1. The quantitative estimate of drug-likeness (QED) is 0.287. The van der Waals surface area contributed by atoms with Gasteiger partial charge in [-0.2, -0.15) is 0 Å². The molecule has 0 unspecified atom stereocenters. The van der Waals surface area contributed by atoms with Crippen LogP contribution in [0.3, 0.4) is 0 Å². The number of amides is 1. The zero-order valence-corrected chi connectivity index (χ0v) is 19.6. The van der Waals surface area contributed by atoms with E-state index in [1.807, 2.05) is 34.0 Å². The predicted octanol–water partition coefficient (Wildman–Crippen LogP) is 2.59. The van der Waals surface area contributed by atoms with Gasteiger partial charge in [-0.1, -0.05) is 39.0 Å². The standard InChI is InChI=1S/C10H16N4O2.C7H12O.C5H13N/c15-7-3-6-14-8-10(12-13-14)4-1-2-5-11-9-16;1-4-5-7(8)6(2)3;1-5(2)4-6-3/h7-9H,1-6H2,(H,11,16);4-6H,1-3H3;5-6H,4H2,1-3H3/b;5-4+;. The second kappa shape index (κ2) is 21.4. The van der Waals surface area contributed by atoms with Crippen LogP contribution < -0.4 is 10.6 Å². The van der Waals surface area contributed by atoms with Gasteiger partial charge in [0.25, 0.3) is 0 Å². The summed E-state index contributed by atoms with van der Waals surface area (Å²) in [5.74, 6) is 1.13. The molecule has 0 spiro atoms. The van der Waals surface area contributed by atoms with E-state index in [9.17, 15) is 14.4 Å². The first-order valence-electron chi connectivity index (χ1n) is 10.6. The van der Waals surface area contributed by atoms with Crippen molar-refractivity contribution in [2.75, 3.05) is 20.1 Å². The van der Waals surface area contributed by atoms with Crippen LogP contribution in [0, 0.1) is 11.8 Å². The van der Waals surface area contributed by atoms with E-state index in [1.165, 1.54) is 0 Å². The average Bonchev–Trinajstić information content (AvgIpc) is 3.15. The number of carbonyl (C=O) groups is 3. The molecule has 0 saturated heterocycles. The number of hydrogen-bond donors (Lipinski definition) is 2. The first kappa shape index (κ1) is 29.8. The van der Waals surface area contributed by atoms with Gasteiger partial charge in [0.05, 0.1) is 5.69 Å². The smallest absolute Gasteiger partial charge is 0.207 e. The number of hydrogen-bond acceptors (Lipinski definition) is 6. The van der Waals surface area contributed by atoms with Crippen molar-refractivity contribution in [3.8, 4) is 0 Å². The molecule has 0 radical (unpaired) electrons. The average molecular weight is 424 g/mol. The minimum Gasteiger partial charge on any atom is -0.359 e. The number of aryl methyl sites for hydroxylation is 2. The normalized spacial score (nSPS) is 10.3. The van der Waals surface area contributed by atoms with Crippen LogP contribution in [0.1, 0.15) is 59.6 Å². The number of rotatable bonds is 13. The molecule has 172 valence electrons. The van der Waals surface area contributed by atoms with E-state index in [2.05, 4.69) is 34.8 Å². The van der Waals surface area contributed by atoms with Gasteiger partial charge in [-0.3, -0.25) is 14.3 Å². The number of ketones is 1. The van der Waals surface area contributed by atoms with Crippen LogP contribution in [0.2, 0.25) is 0 Å². The molecule has 0 aliphatic heterocycles. The molecule has 0 bridgehead atoms. The molecule has 0 atom stereocenters. The molecule has 0 saturated carbocycles. The summed E-state index contributed by atoms with van der Waals surface area (Å²) in [6.07, 6.45) is 10.0. The molecule has 1 amide bonds. The molecule has 0 fully saturated rings. The SMILES string of the molecule is C/C=C/C(=O)C(C)C.CNCC(C)C.O=CCCn1cc(CCCCNC=O)nn1. The molecule has 8 heteroatoms. The summed E-state index contributed by atoms with van der Waals surface area (Å²) in [5, 5.41) is 13.6. The molecular weight excluding hydrogens is 382 g/mol. The van der Waals surface area contributed by atoms with Gasteiger partial charge >= 0.3 is 0 Å². The highest BCUT2D eigenvalue weighted by Crippen LogP contribution is 2.00. The molecule has 1 rings (SSSR count). The summed E-state index contributed by atoms with van der Waals surface area (Å²) in [4.78, 5) is 30.8. The molecule has 30 heavy (non-hydrogen) atoms. The van der Waals surface area contributed by atoms with Crippen molar-refractivity contribution in [1.82, 2.24) is 25.6 Å². The highest BCUT2D eigenvalue weighted by Gasteiger charge is 2.00. The van der Waals surface area contributed by atoms with Gasteiger partial charge in [-0.25, -0.2) is 0 Å². The Bertz CT molecular complexity index is 583. The van der Waals surface area contributed by atoms with Crippen molar-refractivity contribution >= 4 is 18.5 Å². The molecule has 1 aromatic heterocycles. The largest absolute Gasteiger partial charge is 0.359 e. The fourth-order valence-electron chi connectivity index (χ4n) is 2.10. The van der Waals surface area contributed by atoms with Gasteiger partial charge in [0.15, 0.2) is 5.78 Å². The summed E-state index contributed by atoms with van der Waals surface area (Å²) in [7, 11) is 1.97. The summed E-state index contributed by atoms with van der Waals surface area (Å²) in [6.45, 7) is 12.4. The van der Waals surface area contributed by atoms with Gasteiger partial charge in [-0.05, 0) is 51.8 Å². The predicted molar refractivity (Wildman–Crippen MR) is 121 cm³/mol. The topological polar surface area (TPSA) is 106 Å². The highest BCUT2D eigenvalue weighted by molar-refractivity contribution is 5.90. The van der Waals surface area contributed by atoms with Crippen LogP contribution in [0.15, 0.2) is 18.3 Å². The summed E-state index contributed by atoms with van der Waals surface area (Å²) < 4.78 is 1.67. The van der Waals surface area contributed by atoms with Crippen molar-refractivity contribution in [2.45, 2.75) is 66.8 Å². The Morgan fingerprint density at radius 3 is 2.33 bits per heavy atom. The maximum Gasteiger partial charge on any atom is 0.207 e. The van der Waals surface area contributed by atoms with E-state index in [-0.39, 0.29) is 11.7 Å². The zero-order chi connectivity index (χ0) is 23.2. The van der Waals surface area contributed by atoms with E-state index in [0.717, 1.165) is 43.7 Å². The Hall–Kier alpha value is -2.35.